The molecule has 1 aromatic carbocycles. The molecule has 2 aromatic rings. The third-order valence-corrected chi connectivity index (χ3v) is 5.12. The van der Waals surface area contributed by atoms with Gasteiger partial charge in [0.2, 0.25) is 5.91 Å². The van der Waals surface area contributed by atoms with Crippen LogP contribution in [0.25, 0.3) is 11.1 Å². The van der Waals surface area contributed by atoms with Crippen molar-refractivity contribution in [3.63, 3.8) is 0 Å². The van der Waals surface area contributed by atoms with Crippen LogP contribution < -0.4 is 4.90 Å². The van der Waals surface area contributed by atoms with Crippen molar-refractivity contribution in [2.45, 2.75) is 25.3 Å². The van der Waals surface area contributed by atoms with Crippen LogP contribution in [0.1, 0.15) is 24.1 Å². The molecular formula is C18H17N5O3. The lowest BCUT2D eigenvalue weighted by molar-refractivity contribution is -0.122. The van der Waals surface area contributed by atoms with Crippen molar-refractivity contribution in [2.24, 2.45) is 0 Å². The number of aromatic amines is 1. The van der Waals surface area contributed by atoms with Crippen molar-refractivity contribution in [3.05, 3.63) is 35.7 Å². The summed E-state index contributed by atoms with van der Waals surface area (Å²) in [6.45, 7) is 0.905. The summed E-state index contributed by atoms with van der Waals surface area (Å²) >= 11 is 0. The molecule has 3 heterocycles. The molecule has 1 unspecified atom stereocenters. The monoisotopic (exact) mass is 351 g/mol. The number of benzene rings is 1. The minimum absolute atomic E-state index is 0.173. The van der Waals surface area contributed by atoms with E-state index in [0.29, 0.717) is 43.6 Å². The van der Waals surface area contributed by atoms with E-state index in [2.05, 4.69) is 16.3 Å². The predicted molar refractivity (Wildman–Crippen MR) is 92.5 cm³/mol. The number of likely N-dealkylation sites (tertiary alicyclic amines) is 1. The van der Waals surface area contributed by atoms with E-state index >= 15 is 0 Å². The summed E-state index contributed by atoms with van der Waals surface area (Å²) in [6.07, 6.45) is 2.47. The lowest BCUT2D eigenvalue weighted by Gasteiger charge is -2.26. The van der Waals surface area contributed by atoms with E-state index in [1.807, 2.05) is 18.2 Å². The zero-order valence-electron chi connectivity index (χ0n) is 14.0. The number of aromatic nitrogens is 2. The molecule has 2 aliphatic rings. The lowest BCUT2D eigenvalue weighted by Crippen LogP contribution is -2.47. The molecule has 2 amide bonds. The minimum Gasteiger partial charge on any atom is -0.465 e. The molecule has 2 aliphatic heterocycles. The Morgan fingerprint density at radius 1 is 1.31 bits per heavy atom. The number of nitrogens with one attached hydrogen (secondary N) is 1. The number of nitriles is 1. The molecule has 0 radical (unpaired) electrons. The van der Waals surface area contributed by atoms with Gasteiger partial charge in [-0.3, -0.25) is 14.8 Å². The van der Waals surface area contributed by atoms with Crippen LogP contribution in [0, 0.1) is 11.3 Å². The standard InChI is InChI=1S/C18H17N5O3/c19-9-14-13(10-20-21-14)11-3-1-4-15-12(11)6-8-22(15)17(24)16-5-2-7-23(16)18(25)26/h1,3-4,10,16H,2,5-8H2,(H,20,21)(H,25,26). The highest BCUT2D eigenvalue weighted by Crippen LogP contribution is 2.38. The van der Waals surface area contributed by atoms with E-state index in [1.165, 1.54) is 4.90 Å². The van der Waals surface area contributed by atoms with Gasteiger partial charge in [-0.05, 0) is 36.5 Å². The van der Waals surface area contributed by atoms with Crippen molar-refractivity contribution in [1.29, 1.82) is 5.26 Å². The summed E-state index contributed by atoms with van der Waals surface area (Å²) in [5, 5.41) is 25.2. The fraction of sp³-hybridized carbons (Fsp3) is 0.333. The number of fused-ring (bicyclic) bond motifs is 1. The van der Waals surface area contributed by atoms with Gasteiger partial charge in [-0.1, -0.05) is 12.1 Å². The minimum atomic E-state index is -1.05. The Balaban J connectivity index is 1.69. The first-order chi connectivity index (χ1) is 12.6. The number of rotatable bonds is 2. The molecule has 0 aliphatic carbocycles. The van der Waals surface area contributed by atoms with Gasteiger partial charge in [0.25, 0.3) is 0 Å². The van der Waals surface area contributed by atoms with E-state index in [4.69, 9.17) is 0 Å². The second-order valence-electron chi connectivity index (χ2n) is 6.45. The molecule has 1 saturated heterocycles. The van der Waals surface area contributed by atoms with Crippen LogP contribution in [0.15, 0.2) is 24.4 Å². The lowest BCUT2D eigenvalue weighted by atomic mass is 9.98. The highest BCUT2D eigenvalue weighted by molar-refractivity contribution is 6.01. The molecule has 1 fully saturated rings. The number of amides is 2. The summed E-state index contributed by atoms with van der Waals surface area (Å²) in [5.74, 6) is -0.173. The topological polar surface area (TPSA) is 113 Å². The Morgan fingerprint density at radius 3 is 2.92 bits per heavy atom. The summed E-state index contributed by atoms with van der Waals surface area (Å²) in [4.78, 5) is 27.3. The van der Waals surface area contributed by atoms with Crippen LogP contribution in [0.4, 0.5) is 10.5 Å². The normalized spacial score (nSPS) is 18.7. The van der Waals surface area contributed by atoms with Crippen LogP contribution in [-0.4, -0.2) is 51.3 Å². The number of anilines is 1. The van der Waals surface area contributed by atoms with Gasteiger partial charge in [-0.15, -0.1) is 0 Å². The molecule has 8 nitrogen and oxygen atoms in total. The van der Waals surface area contributed by atoms with E-state index in [1.54, 1.807) is 11.1 Å². The first-order valence-corrected chi connectivity index (χ1v) is 8.48. The Morgan fingerprint density at radius 2 is 2.15 bits per heavy atom. The maximum Gasteiger partial charge on any atom is 0.407 e. The molecule has 2 N–H and O–H groups in total. The van der Waals surface area contributed by atoms with Crippen LogP contribution in [0.3, 0.4) is 0 Å². The average molecular weight is 351 g/mol. The van der Waals surface area contributed by atoms with Gasteiger partial charge in [0, 0.05) is 24.3 Å². The van der Waals surface area contributed by atoms with Gasteiger partial charge in [-0.25, -0.2) is 4.79 Å². The van der Waals surface area contributed by atoms with Crippen LogP contribution in [0.5, 0.6) is 0 Å². The molecule has 0 spiro atoms. The fourth-order valence-electron chi connectivity index (χ4n) is 3.92. The Bertz CT molecular complexity index is 929. The summed E-state index contributed by atoms with van der Waals surface area (Å²) in [6, 6.07) is 7.10. The Kier molecular flexibility index (Phi) is 3.84. The molecule has 4 rings (SSSR count). The van der Waals surface area contributed by atoms with Crippen LogP contribution in [0.2, 0.25) is 0 Å². The largest absolute Gasteiger partial charge is 0.465 e. The number of carbonyl (C=O) groups is 2. The number of hydrogen-bond donors (Lipinski definition) is 2. The third kappa shape index (κ3) is 2.40. The Labute approximate surface area is 149 Å². The number of carbonyl (C=O) groups excluding carboxylic acids is 1. The SMILES string of the molecule is N#Cc1[nH]ncc1-c1cccc2c1CCN2C(=O)C1CCCN1C(=O)O. The molecule has 132 valence electrons. The summed E-state index contributed by atoms with van der Waals surface area (Å²) < 4.78 is 0. The zero-order chi connectivity index (χ0) is 18.3. The van der Waals surface area contributed by atoms with Gasteiger partial charge >= 0.3 is 6.09 Å². The Hall–Kier alpha value is -3.34. The maximum absolute atomic E-state index is 13.0. The highest BCUT2D eigenvalue weighted by atomic mass is 16.4. The molecule has 8 heteroatoms. The fourth-order valence-corrected chi connectivity index (χ4v) is 3.92. The molecule has 0 bridgehead atoms. The predicted octanol–water partition coefficient (Wildman–Crippen LogP) is 1.98. The summed E-state index contributed by atoms with van der Waals surface area (Å²) in [5.41, 5.74) is 3.75. The van der Waals surface area contributed by atoms with Gasteiger partial charge in [0.05, 0.1) is 6.20 Å². The van der Waals surface area contributed by atoms with Gasteiger partial charge < -0.3 is 10.0 Å². The quantitative estimate of drug-likeness (QED) is 0.859. The number of nitrogens with zero attached hydrogens (tertiary/aromatic N) is 4. The number of hydrogen-bond acceptors (Lipinski definition) is 4. The van der Waals surface area contributed by atoms with Gasteiger partial charge in [-0.2, -0.15) is 10.4 Å². The first-order valence-electron chi connectivity index (χ1n) is 8.48. The smallest absolute Gasteiger partial charge is 0.407 e. The van der Waals surface area contributed by atoms with Crippen molar-refractivity contribution < 1.29 is 14.7 Å². The molecular weight excluding hydrogens is 334 g/mol. The molecule has 1 atom stereocenters. The van der Waals surface area contributed by atoms with E-state index < -0.39 is 12.1 Å². The average Bonchev–Trinajstić information content (AvgIpc) is 3.38. The second-order valence-corrected chi connectivity index (χ2v) is 6.45. The van der Waals surface area contributed by atoms with Crippen molar-refractivity contribution >= 4 is 17.7 Å². The molecule has 26 heavy (non-hydrogen) atoms. The second kappa shape index (κ2) is 6.19. The van der Waals surface area contributed by atoms with Crippen molar-refractivity contribution in [3.8, 4) is 17.2 Å². The molecule has 0 saturated carbocycles. The maximum atomic E-state index is 13.0. The zero-order valence-corrected chi connectivity index (χ0v) is 14.0. The van der Waals surface area contributed by atoms with E-state index in [0.717, 1.165) is 16.8 Å². The van der Waals surface area contributed by atoms with Crippen molar-refractivity contribution in [1.82, 2.24) is 15.1 Å². The summed E-state index contributed by atoms with van der Waals surface area (Å²) in [7, 11) is 0. The number of H-pyrrole nitrogens is 1. The van der Waals surface area contributed by atoms with Crippen molar-refractivity contribution in [2.75, 3.05) is 18.0 Å². The number of carboxylic acid groups (broad SMARTS) is 1. The first kappa shape index (κ1) is 16.1. The van der Waals surface area contributed by atoms with Gasteiger partial charge in [0.15, 0.2) is 0 Å². The van der Waals surface area contributed by atoms with Crippen LogP contribution in [-0.2, 0) is 11.2 Å². The van der Waals surface area contributed by atoms with E-state index in [9.17, 15) is 20.0 Å². The van der Waals surface area contributed by atoms with E-state index in [-0.39, 0.29) is 5.91 Å². The van der Waals surface area contributed by atoms with Crippen LogP contribution >= 0.6 is 0 Å². The van der Waals surface area contributed by atoms with Gasteiger partial charge in [0.1, 0.15) is 17.8 Å². The third-order valence-electron chi connectivity index (χ3n) is 5.12. The molecule has 1 aromatic heterocycles. The highest BCUT2D eigenvalue weighted by Gasteiger charge is 2.39.